The second-order valence-electron chi connectivity index (χ2n) is 4.04. The van der Waals surface area contributed by atoms with Crippen molar-refractivity contribution in [1.82, 2.24) is 10.5 Å². The van der Waals surface area contributed by atoms with Crippen molar-refractivity contribution in [2.24, 2.45) is 5.73 Å². The van der Waals surface area contributed by atoms with E-state index in [4.69, 9.17) is 10.3 Å². The summed E-state index contributed by atoms with van der Waals surface area (Å²) in [5.41, 5.74) is 7.32. The molecule has 3 N–H and O–H groups in total. The molecule has 5 nitrogen and oxygen atoms in total. The number of carbonyl (C=O) groups is 1. The van der Waals surface area contributed by atoms with Gasteiger partial charge in [0.1, 0.15) is 17.5 Å². The molecule has 0 aliphatic rings. The minimum Gasteiger partial charge on any atom is -0.361 e. The van der Waals surface area contributed by atoms with Crippen LogP contribution in [0.1, 0.15) is 23.1 Å². The molecule has 1 atom stereocenters. The van der Waals surface area contributed by atoms with Crippen LogP contribution < -0.4 is 11.1 Å². The van der Waals surface area contributed by atoms with E-state index >= 15 is 0 Å². The standard InChI is InChI=1S/C13H15N3O2/c1-9-7-11(16-18-9)8-15-13(17)12(14)10-5-3-2-4-6-10/h2-7,12H,8,14H2,1H3,(H,15,17)/t12-/m1/s1. The van der Waals surface area contributed by atoms with Crippen molar-refractivity contribution in [3.8, 4) is 0 Å². The maximum Gasteiger partial charge on any atom is 0.241 e. The Balaban J connectivity index is 1.92. The van der Waals surface area contributed by atoms with E-state index in [1.165, 1.54) is 0 Å². The summed E-state index contributed by atoms with van der Waals surface area (Å²) >= 11 is 0. The number of carbonyl (C=O) groups excluding carboxylic acids is 1. The molecule has 0 saturated carbocycles. The fourth-order valence-electron chi connectivity index (χ4n) is 1.60. The summed E-state index contributed by atoms with van der Waals surface area (Å²) < 4.78 is 4.91. The van der Waals surface area contributed by atoms with E-state index in [9.17, 15) is 4.79 Å². The lowest BCUT2D eigenvalue weighted by atomic mass is 10.1. The molecule has 1 aromatic carbocycles. The smallest absolute Gasteiger partial charge is 0.241 e. The van der Waals surface area contributed by atoms with Gasteiger partial charge in [0.05, 0.1) is 6.54 Å². The molecular weight excluding hydrogens is 230 g/mol. The van der Waals surface area contributed by atoms with Gasteiger partial charge in [0.25, 0.3) is 0 Å². The van der Waals surface area contributed by atoms with E-state index in [-0.39, 0.29) is 5.91 Å². The predicted molar refractivity (Wildman–Crippen MR) is 66.5 cm³/mol. The van der Waals surface area contributed by atoms with Crippen molar-refractivity contribution in [3.63, 3.8) is 0 Å². The Morgan fingerprint density at radius 1 is 1.44 bits per heavy atom. The van der Waals surface area contributed by atoms with Gasteiger partial charge < -0.3 is 15.6 Å². The van der Waals surface area contributed by atoms with E-state index in [1.54, 1.807) is 13.0 Å². The molecule has 0 aliphatic heterocycles. The molecule has 2 rings (SSSR count). The van der Waals surface area contributed by atoms with Gasteiger partial charge in [-0.1, -0.05) is 35.5 Å². The fourth-order valence-corrected chi connectivity index (χ4v) is 1.60. The first-order valence-corrected chi connectivity index (χ1v) is 5.67. The van der Waals surface area contributed by atoms with Crippen molar-refractivity contribution < 1.29 is 9.32 Å². The zero-order valence-electron chi connectivity index (χ0n) is 10.1. The van der Waals surface area contributed by atoms with Gasteiger partial charge in [-0.3, -0.25) is 4.79 Å². The molecule has 1 aromatic heterocycles. The molecule has 5 heteroatoms. The molecule has 0 saturated heterocycles. The SMILES string of the molecule is Cc1cc(CNC(=O)[C@H](N)c2ccccc2)no1. The number of nitrogens with two attached hydrogens (primary N) is 1. The number of nitrogens with one attached hydrogen (secondary N) is 1. The molecule has 0 unspecified atom stereocenters. The van der Waals surface area contributed by atoms with Gasteiger partial charge in [0.15, 0.2) is 0 Å². The normalized spacial score (nSPS) is 12.1. The van der Waals surface area contributed by atoms with Crippen LogP contribution in [-0.2, 0) is 11.3 Å². The van der Waals surface area contributed by atoms with Crippen LogP contribution in [0.5, 0.6) is 0 Å². The van der Waals surface area contributed by atoms with Crippen LogP contribution in [0.25, 0.3) is 0 Å². The number of amides is 1. The lowest BCUT2D eigenvalue weighted by Gasteiger charge is -2.11. The minimum absolute atomic E-state index is 0.234. The third-order valence-corrected chi connectivity index (χ3v) is 2.56. The molecule has 1 amide bonds. The molecule has 18 heavy (non-hydrogen) atoms. The third kappa shape index (κ3) is 2.95. The number of hydrogen-bond donors (Lipinski definition) is 2. The molecule has 0 fully saturated rings. The van der Waals surface area contributed by atoms with Gasteiger partial charge in [0, 0.05) is 6.07 Å². The summed E-state index contributed by atoms with van der Waals surface area (Å²) in [7, 11) is 0. The predicted octanol–water partition coefficient (Wildman–Crippen LogP) is 1.30. The summed E-state index contributed by atoms with van der Waals surface area (Å²) in [6.45, 7) is 2.12. The van der Waals surface area contributed by atoms with Crippen molar-refractivity contribution >= 4 is 5.91 Å². The van der Waals surface area contributed by atoms with Crippen LogP contribution in [0.4, 0.5) is 0 Å². The van der Waals surface area contributed by atoms with Crippen LogP contribution in [0, 0.1) is 6.92 Å². The first-order valence-electron chi connectivity index (χ1n) is 5.67. The Kier molecular flexibility index (Phi) is 3.74. The van der Waals surface area contributed by atoms with Crippen molar-refractivity contribution in [2.45, 2.75) is 19.5 Å². The summed E-state index contributed by atoms with van der Waals surface area (Å²) in [5.74, 6) is 0.480. The van der Waals surface area contributed by atoms with Crippen LogP contribution in [0.2, 0.25) is 0 Å². The molecule has 0 bridgehead atoms. The van der Waals surface area contributed by atoms with Crippen LogP contribution in [-0.4, -0.2) is 11.1 Å². The Hall–Kier alpha value is -2.14. The number of hydrogen-bond acceptors (Lipinski definition) is 4. The highest BCUT2D eigenvalue weighted by Gasteiger charge is 2.15. The van der Waals surface area contributed by atoms with E-state index in [0.29, 0.717) is 18.0 Å². The summed E-state index contributed by atoms with van der Waals surface area (Å²) in [6, 6.07) is 10.3. The Morgan fingerprint density at radius 2 is 2.17 bits per heavy atom. The fraction of sp³-hybridized carbons (Fsp3) is 0.231. The molecule has 94 valence electrons. The lowest BCUT2D eigenvalue weighted by molar-refractivity contribution is -0.122. The average Bonchev–Trinajstić information content (AvgIpc) is 2.82. The first kappa shape index (κ1) is 12.3. The maximum absolute atomic E-state index is 11.8. The third-order valence-electron chi connectivity index (χ3n) is 2.56. The number of nitrogens with zero attached hydrogens (tertiary/aromatic N) is 1. The minimum atomic E-state index is -0.667. The van der Waals surface area contributed by atoms with Crippen molar-refractivity contribution in [3.05, 3.63) is 53.4 Å². The molecule has 2 aromatic rings. The lowest BCUT2D eigenvalue weighted by Crippen LogP contribution is -2.33. The molecule has 0 spiro atoms. The second kappa shape index (κ2) is 5.46. The summed E-state index contributed by atoms with van der Waals surface area (Å²) in [4.78, 5) is 11.8. The second-order valence-corrected chi connectivity index (χ2v) is 4.04. The van der Waals surface area contributed by atoms with Gasteiger partial charge in [-0.25, -0.2) is 0 Å². The summed E-state index contributed by atoms with van der Waals surface area (Å²) in [6.07, 6.45) is 0. The number of aromatic nitrogens is 1. The van der Waals surface area contributed by atoms with Gasteiger partial charge in [-0.15, -0.1) is 0 Å². The highest BCUT2D eigenvalue weighted by molar-refractivity contribution is 5.82. The van der Waals surface area contributed by atoms with E-state index in [0.717, 1.165) is 5.56 Å². The van der Waals surface area contributed by atoms with Gasteiger partial charge in [0.2, 0.25) is 5.91 Å². The molecule has 1 heterocycles. The monoisotopic (exact) mass is 245 g/mol. The van der Waals surface area contributed by atoms with Crippen LogP contribution >= 0.6 is 0 Å². The van der Waals surface area contributed by atoms with Gasteiger partial charge in [-0.05, 0) is 12.5 Å². The maximum atomic E-state index is 11.8. The van der Waals surface area contributed by atoms with Gasteiger partial charge in [-0.2, -0.15) is 0 Å². The molecule has 0 aliphatic carbocycles. The summed E-state index contributed by atoms with van der Waals surface area (Å²) in [5, 5.41) is 6.51. The highest BCUT2D eigenvalue weighted by atomic mass is 16.5. The largest absolute Gasteiger partial charge is 0.361 e. The number of rotatable bonds is 4. The van der Waals surface area contributed by atoms with Crippen molar-refractivity contribution in [1.29, 1.82) is 0 Å². The Bertz CT molecular complexity index is 522. The van der Waals surface area contributed by atoms with Crippen LogP contribution in [0.15, 0.2) is 40.9 Å². The van der Waals surface area contributed by atoms with E-state index in [2.05, 4.69) is 10.5 Å². The quantitative estimate of drug-likeness (QED) is 0.850. The topological polar surface area (TPSA) is 81.2 Å². The zero-order chi connectivity index (χ0) is 13.0. The van der Waals surface area contributed by atoms with E-state index < -0.39 is 6.04 Å². The molecular formula is C13H15N3O2. The number of aryl methyl sites for hydroxylation is 1. The average molecular weight is 245 g/mol. The van der Waals surface area contributed by atoms with Crippen LogP contribution in [0.3, 0.4) is 0 Å². The zero-order valence-corrected chi connectivity index (χ0v) is 10.1. The number of benzene rings is 1. The molecule has 0 radical (unpaired) electrons. The van der Waals surface area contributed by atoms with Gasteiger partial charge >= 0.3 is 0 Å². The highest BCUT2D eigenvalue weighted by Crippen LogP contribution is 2.09. The van der Waals surface area contributed by atoms with Crippen molar-refractivity contribution in [2.75, 3.05) is 0 Å². The van der Waals surface area contributed by atoms with E-state index in [1.807, 2.05) is 30.3 Å². The first-order chi connectivity index (χ1) is 8.66. The Morgan fingerprint density at radius 3 is 2.78 bits per heavy atom. The Labute approximate surface area is 105 Å².